The molecule has 0 bridgehead atoms. The molecule has 282 valence electrons. The summed E-state index contributed by atoms with van der Waals surface area (Å²) in [6, 6.07) is 0. The number of allylic oxidation sites excluding steroid dienone is 4. The molecule has 0 fully saturated rings. The Morgan fingerprint density at radius 3 is 2.30 bits per heavy atom. The largest absolute Gasteiger partial charge is 0.509 e. The lowest BCUT2D eigenvalue weighted by Gasteiger charge is -2.34. The fraction of sp³-hybridized carbons (Fsp3) is 0.667. The Hall–Kier alpha value is -3.12. The van der Waals surface area contributed by atoms with E-state index in [1.54, 1.807) is 36.5 Å². The van der Waals surface area contributed by atoms with Crippen LogP contribution in [0.3, 0.4) is 0 Å². The third kappa shape index (κ3) is 16.7. The maximum absolute atomic E-state index is 13.2. The van der Waals surface area contributed by atoms with Gasteiger partial charge in [-0.1, -0.05) is 96.7 Å². The Bertz CT molecular complexity index is 1220. The van der Waals surface area contributed by atoms with Crippen LogP contribution in [0, 0.1) is 53.3 Å². The predicted molar refractivity (Wildman–Crippen MR) is 201 cm³/mol. The van der Waals surface area contributed by atoms with Crippen molar-refractivity contribution >= 4 is 12.1 Å². The minimum Gasteiger partial charge on any atom is -0.458 e. The monoisotopic (exact) mass is 698 g/mol. The van der Waals surface area contributed by atoms with Gasteiger partial charge in [-0.05, 0) is 58.8 Å². The topological polar surface area (TPSA) is 123 Å². The molecule has 8 nitrogen and oxygen atoms in total. The molecule has 0 amide bonds. The first kappa shape index (κ1) is 44.9. The average molecular weight is 699 g/mol. The van der Waals surface area contributed by atoms with E-state index in [0.29, 0.717) is 25.7 Å². The Morgan fingerprint density at radius 1 is 1.02 bits per heavy atom. The molecule has 0 aliphatic carbocycles. The van der Waals surface area contributed by atoms with Gasteiger partial charge in [0.15, 0.2) is 0 Å². The van der Waals surface area contributed by atoms with Crippen LogP contribution in [0.1, 0.15) is 101 Å². The number of carbonyl (C=O) groups is 2. The number of terminal acetylenes is 1. The zero-order valence-corrected chi connectivity index (χ0v) is 32.2. The van der Waals surface area contributed by atoms with Crippen LogP contribution in [0.25, 0.3) is 0 Å². The number of esters is 1. The first-order valence-corrected chi connectivity index (χ1v) is 18.2. The van der Waals surface area contributed by atoms with Crippen LogP contribution in [-0.2, 0) is 19.0 Å². The molecule has 1 aliphatic rings. The maximum atomic E-state index is 13.2. The summed E-state index contributed by atoms with van der Waals surface area (Å²) >= 11 is 0. The van der Waals surface area contributed by atoms with Crippen LogP contribution in [0.5, 0.6) is 0 Å². The highest BCUT2D eigenvalue weighted by Gasteiger charge is 2.35. The molecular formula is C42H66O8. The van der Waals surface area contributed by atoms with Gasteiger partial charge in [-0.15, -0.1) is 12.3 Å². The van der Waals surface area contributed by atoms with Crippen LogP contribution in [-0.4, -0.2) is 63.6 Å². The van der Waals surface area contributed by atoms with E-state index in [2.05, 4.69) is 19.4 Å². The zero-order valence-electron chi connectivity index (χ0n) is 32.2. The van der Waals surface area contributed by atoms with Gasteiger partial charge in [0.1, 0.15) is 17.8 Å². The number of rotatable bonds is 7. The first-order chi connectivity index (χ1) is 23.2. The SMILES string of the molecule is C#CC(C)(C)CC(C)(C)OC(=O)OC1C(C)C=CC(O)CC(O)C(C)C=CC=CC(=O)OC(C(C)C=CC=C)C(C)C(O)CCC(C)CC1C. The molecule has 0 saturated carbocycles. The zero-order chi connectivity index (χ0) is 38.2. The van der Waals surface area contributed by atoms with Crippen molar-refractivity contribution in [2.45, 2.75) is 137 Å². The molecule has 3 N–H and O–H groups in total. The van der Waals surface area contributed by atoms with Crippen LogP contribution < -0.4 is 0 Å². The van der Waals surface area contributed by atoms with E-state index < -0.39 is 53.7 Å². The summed E-state index contributed by atoms with van der Waals surface area (Å²) in [6.07, 6.45) is 18.8. The van der Waals surface area contributed by atoms with E-state index in [1.807, 2.05) is 74.5 Å². The summed E-state index contributed by atoms with van der Waals surface area (Å²) in [7, 11) is 0. The summed E-state index contributed by atoms with van der Waals surface area (Å²) in [4.78, 5) is 26.0. The Balaban J connectivity index is 3.38. The van der Waals surface area contributed by atoms with Gasteiger partial charge in [0.05, 0.1) is 18.3 Å². The fourth-order valence-corrected chi connectivity index (χ4v) is 6.76. The van der Waals surface area contributed by atoms with Crippen molar-refractivity contribution in [3.63, 3.8) is 0 Å². The van der Waals surface area contributed by atoms with E-state index in [1.165, 1.54) is 6.08 Å². The minimum absolute atomic E-state index is 0.0950. The van der Waals surface area contributed by atoms with Gasteiger partial charge in [-0.2, -0.15) is 0 Å². The van der Waals surface area contributed by atoms with Crippen molar-refractivity contribution in [1.82, 2.24) is 0 Å². The predicted octanol–water partition coefficient (Wildman–Crippen LogP) is 8.13. The third-order valence-electron chi connectivity index (χ3n) is 9.59. The van der Waals surface area contributed by atoms with Crippen molar-refractivity contribution in [3.8, 4) is 12.3 Å². The first-order valence-electron chi connectivity index (χ1n) is 18.2. The lowest BCUT2D eigenvalue weighted by molar-refractivity contribution is -0.150. The van der Waals surface area contributed by atoms with Crippen LogP contribution >= 0.6 is 0 Å². The molecule has 8 heteroatoms. The van der Waals surface area contributed by atoms with E-state index in [9.17, 15) is 24.9 Å². The molecule has 0 radical (unpaired) electrons. The summed E-state index contributed by atoms with van der Waals surface area (Å²) in [5, 5.41) is 32.8. The summed E-state index contributed by atoms with van der Waals surface area (Å²) in [5.41, 5.74) is -1.34. The number of aliphatic hydroxyl groups is 3. The van der Waals surface area contributed by atoms with E-state index in [0.717, 1.165) is 0 Å². The quantitative estimate of drug-likeness (QED) is 0.105. The Kier molecular flexibility index (Phi) is 19.1. The van der Waals surface area contributed by atoms with Crippen molar-refractivity contribution in [2.24, 2.45) is 40.9 Å². The summed E-state index contributed by atoms with van der Waals surface area (Å²) < 4.78 is 17.7. The highest BCUT2D eigenvalue weighted by Crippen LogP contribution is 2.32. The van der Waals surface area contributed by atoms with Crippen LogP contribution in [0.2, 0.25) is 0 Å². The van der Waals surface area contributed by atoms with Gasteiger partial charge in [0.2, 0.25) is 0 Å². The Morgan fingerprint density at radius 2 is 1.68 bits per heavy atom. The highest BCUT2D eigenvalue weighted by atomic mass is 16.7. The van der Waals surface area contributed by atoms with Gasteiger partial charge in [0, 0.05) is 48.0 Å². The van der Waals surface area contributed by atoms with Crippen LogP contribution in [0.4, 0.5) is 4.79 Å². The number of aliphatic hydroxyl groups excluding tert-OH is 3. The van der Waals surface area contributed by atoms with E-state index in [4.69, 9.17) is 20.6 Å². The second-order valence-electron chi connectivity index (χ2n) is 15.8. The Labute approximate surface area is 302 Å². The third-order valence-corrected chi connectivity index (χ3v) is 9.59. The molecule has 50 heavy (non-hydrogen) atoms. The van der Waals surface area contributed by atoms with Gasteiger partial charge in [-0.3, -0.25) is 0 Å². The molecular weight excluding hydrogens is 632 g/mol. The second-order valence-corrected chi connectivity index (χ2v) is 15.8. The number of cyclic esters (lactones) is 1. The average Bonchev–Trinajstić information content (AvgIpc) is 3.02. The lowest BCUT2D eigenvalue weighted by Crippen LogP contribution is -2.38. The molecule has 1 heterocycles. The molecule has 1 aliphatic heterocycles. The van der Waals surface area contributed by atoms with Crippen molar-refractivity contribution in [1.29, 1.82) is 0 Å². The number of ether oxygens (including phenoxy) is 3. The molecule has 0 aromatic carbocycles. The lowest BCUT2D eigenvalue weighted by atomic mass is 9.82. The van der Waals surface area contributed by atoms with Crippen LogP contribution in [0.15, 0.2) is 61.3 Å². The van der Waals surface area contributed by atoms with Crippen molar-refractivity contribution in [2.75, 3.05) is 0 Å². The minimum atomic E-state index is -0.934. The molecule has 0 aromatic heterocycles. The van der Waals surface area contributed by atoms with E-state index in [-0.39, 0.29) is 41.9 Å². The van der Waals surface area contributed by atoms with Gasteiger partial charge < -0.3 is 29.5 Å². The normalized spacial score (nSPS) is 32.2. The van der Waals surface area contributed by atoms with Crippen molar-refractivity contribution in [3.05, 3.63) is 61.3 Å². The van der Waals surface area contributed by atoms with Gasteiger partial charge >= 0.3 is 12.1 Å². The smallest absolute Gasteiger partial charge is 0.458 e. The molecule has 0 spiro atoms. The second kappa shape index (κ2) is 21.3. The highest BCUT2D eigenvalue weighted by molar-refractivity contribution is 5.82. The fourth-order valence-electron chi connectivity index (χ4n) is 6.76. The summed E-state index contributed by atoms with van der Waals surface area (Å²) in [6.45, 7) is 22.9. The van der Waals surface area contributed by atoms with Crippen molar-refractivity contribution < 1.29 is 39.1 Å². The van der Waals surface area contributed by atoms with Gasteiger partial charge in [0.25, 0.3) is 0 Å². The standard InChI is InChI=1S/C42H66O8/c1-13-15-18-30(5)39-33(8)35(44)24-21-28(3)25-32(7)38(49-40(47)50-42(11,12)27-41(9,10)14-2)31(6)22-23-34(43)26-36(45)29(4)19-16-17-20-37(46)48-39/h2,13,15-20,22-23,28-36,38-39,43-45H,1,21,24-27H2,3-12H3. The molecule has 1 rings (SSSR count). The number of carbonyl (C=O) groups excluding carboxylic acids is 2. The molecule has 11 unspecified atom stereocenters. The molecule has 0 saturated heterocycles. The number of hydrogen-bond donors (Lipinski definition) is 3. The van der Waals surface area contributed by atoms with E-state index >= 15 is 0 Å². The summed E-state index contributed by atoms with van der Waals surface area (Å²) in [5.74, 6) is 1.15. The molecule has 0 aromatic rings. The number of hydrogen-bond acceptors (Lipinski definition) is 8. The maximum Gasteiger partial charge on any atom is 0.509 e. The van der Waals surface area contributed by atoms with Gasteiger partial charge in [-0.25, -0.2) is 9.59 Å². The molecule has 11 atom stereocenters.